The molecule has 0 amide bonds. The predicted molar refractivity (Wildman–Crippen MR) is 73.6 cm³/mol. The average Bonchev–Trinajstić information content (AvgIpc) is 2.65. The summed E-state index contributed by atoms with van der Waals surface area (Å²) in [5.41, 5.74) is 5.47. The van der Waals surface area contributed by atoms with Crippen LogP contribution in [0.1, 0.15) is 22.9 Å². The van der Waals surface area contributed by atoms with Crippen molar-refractivity contribution in [3.63, 3.8) is 0 Å². The monoisotopic (exact) mass is 284 g/mol. The van der Waals surface area contributed by atoms with Crippen LogP contribution in [0.2, 0.25) is 10.0 Å². The van der Waals surface area contributed by atoms with Gasteiger partial charge in [-0.05, 0) is 18.6 Å². The molecule has 1 atom stereocenters. The summed E-state index contributed by atoms with van der Waals surface area (Å²) in [4.78, 5) is 0. The summed E-state index contributed by atoms with van der Waals surface area (Å²) >= 11 is 12.2. The van der Waals surface area contributed by atoms with Gasteiger partial charge in [0, 0.05) is 18.8 Å². The van der Waals surface area contributed by atoms with E-state index in [9.17, 15) is 0 Å². The van der Waals surface area contributed by atoms with Gasteiger partial charge in [-0.1, -0.05) is 35.3 Å². The van der Waals surface area contributed by atoms with Gasteiger partial charge in [-0.3, -0.25) is 10.5 Å². The molecule has 1 heterocycles. The molecule has 0 saturated carbocycles. The second-order valence-electron chi connectivity index (χ2n) is 4.09. The third kappa shape index (κ3) is 2.37. The SMILES string of the molecule is Cc1nn(C)cc1C(NN)c1cccc(Cl)c1Cl. The summed E-state index contributed by atoms with van der Waals surface area (Å²) in [6, 6.07) is 5.26. The van der Waals surface area contributed by atoms with Crippen molar-refractivity contribution < 1.29 is 0 Å². The fraction of sp³-hybridized carbons (Fsp3) is 0.250. The highest BCUT2D eigenvalue weighted by molar-refractivity contribution is 6.42. The Morgan fingerprint density at radius 2 is 2.06 bits per heavy atom. The molecule has 0 aliphatic carbocycles. The van der Waals surface area contributed by atoms with Crippen LogP contribution in [-0.4, -0.2) is 9.78 Å². The zero-order valence-electron chi connectivity index (χ0n) is 10.1. The average molecular weight is 285 g/mol. The van der Waals surface area contributed by atoms with E-state index in [4.69, 9.17) is 29.0 Å². The van der Waals surface area contributed by atoms with Crippen molar-refractivity contribution in [2.24, 2.45) is 12.9 Å². The number of aromatic nitrogens is 2. The molecule has 2 aromatic rings. The maximum Gasteiger partial charge on any atom is 0.0758 e. The van der Waals surface area contributed by atoms with Gasteiger partial charge in [0.15, 0.2) is 0 Å². The minimum Gasteiger partial charge on any atom is -0.275 e. The number of hydrogen-bond donors (Lipinski definition) is 2. The Morgan fingerprint density at radius 1 is 1.33 bits per heavy atom. The number of halogens is 2. The second kappa shape index (κ2) is 5.28. The van der Waals surface area contributed by atoms with E-state index in [1.807, 2.05) is 32.3 Å². The molecule has 1 aromatic heterocycles. The highest BCUT2D eigenvalue weighted by Crippen LogP contribution is 2.33. The number of nitrogens with two attached hydrogens (primary N) is 1. The molecule has 2 rings (SSSR count). The van der Waals surface area contributed by atoms with Gasteiger partial charge in [-0.2, -0.15) is 5.10 Å². The molecule has 0 aliphatic heterocycles. The lowest BCUT2D eigenvalue weighted by Gasteiger charge is -2.17. The van der Waals surface area contributed by atoms with Crippen LogP contribution in [0.5, 0.6) is 0 Å². The molecular formula is C12H14Cl2N4. The van der Waals surface area contributed by atoms with E-state index >= 15 is 0 Å². The lowest BCUT2D eigenvalue weighted by molar-refractivity contribution is 0.633. The first kappa shape index (κ1) is 13.4. The summed E-state index contributed by atoms with van der Waals surface area (Å²) in [6.07, 6.45) is 1.91. The van der Waals surface area contributed by atoms with Gasteiger partial charge in [-0.15, -0.1) is 0 Å². The molecule has 6 heteroatoms. The van der Waals surface area contributed by atoms with Crippen molar-refractivity contribution in [1.29, 1.82) is 0 Å². The van der Waals surface area contributed by atoms with Gasteiger partial charge in [0.2, 0.25) is 0 Å². The lowest BCUT2D eigenvalue weighted by Crippen LogP contribution is -2.29. The van der Waals surface area contributed by atoms with Gasteiger partial charge in [-0.25, -0.2) is 5.43 Å². The van der Waals surface area contributed by atoms with Crippen LogP contribution in [-0.2, 0) is 7.05 Å². The minimum atomic E-state index is -0.232. The van der Waals surface area contributed by atoms with Gasteiger partial charge < -0.3 is 0 Å². The summed E-state index contributed by atoms with van der Waals surface area (Å²) in [7, 11) is 1.86. The minimum absolute atomic E-state index is 0.232. The van der Waals surface area contributed by atoms with E-state index in [1.165, 1.54) is 0 Å². The lowest BCUT2D eigenvalue weighted by atomic mass is 10.00. The Labute approximate surface area is 116 Å². The van der Waals surface area contributed by atoms with Crippen molar-refractivity contribution in [3.8, 4) is 0 Å². The summed E-state index contributed by atoms with van der Waals surface area (Å²) in [6.45, 7) is 1.93. The third-order valence-electron chi connectivity index (χ3n) is 2.82. The van der Waals surface area contributed by atoms with E-state index in [2.05, 4.69) is 10.5 Å². The molecule has 0 saturated heterocycles. The fourth-order valence-electron chi connectivity index (χ4n) is 1.99. The number of hydrogen-bond acceptors (Lipinski definition) is 3. The quantitative estimate of drug-likeness (QED) is 0.673. The molecule has 1 unspecified atom stereocenters. The molecule has 1 aromatic carbocycles. The van der Waals surface area contributed by atoms with Crippen LogP contribution in [0.15, 0.2) is 24.4 Å². The van der Waals surface area contributed by atoms with Crippen molar-refractivity contribution in [2.75, 3.05) is 0 Å². The number of nitrogens with zero attached hydrogens (tertiary/aromatic N) is 2. The molecule has 0 aliphatic rings. The van der Waals surface area contributed by atoms with Crippen LogP contribution < -0.4 is 11.3 Å². The normalized spacial score (nSPS) is 12.7. The highest BCUT2D eigenvalue weighted by Gasteiger charge is 2.20. The van der Waals surface area contributed by atoms with E-state index in [0.717, 1.165) is 16.8 Å². The largest absolute Gasteiger partial charge is 0.275 e. The van der Waals surface area contributed by atoms with Gasteiger partial charge >= 0.3 is 0 Å². The summed E-state index contributed by atoms with van der Waals surface area (Å²) in [5, 5.41) is 5.32. The third-order valence-corrected chi connectivity index (χ3v) is 3.66. The molecular weight excluding hydrogens is 271 g/mol. The number of benzene rings is 1. The Hall–Kier alpha value is -1.07. The molecule has 0 radical (unpaired) electrons. The van der Waals surface area contributed by atoms with E-state index in [-0.39, 0.29) is 6.04 Å². The zero-order valence-corrected chi connectivity index (χ0v) is 11.6. The second-order valence-corrected chi connectivity index (χ2v) is 4.87. The van der Waals surface area contributed by atoms with E-state index in [1.54, 1.807) is 10.7 Å². The van der Waals surface area contributed by atoms with Crippen LogP contribution in [0.25, 0.3) is 0 Å². The van der Waals surface area contributed by atoms with Crippen LogP contribution in [0.3, 0.4) is 0 Å². The number of hydrazine groups is 1. The maximum absolute atomic E-state index is 6.22. The Morgan fingerprint density at radius 3 is 2.61 bits per heavy atom. The number of rotatable bonds is 3. The van der Waals surface area contributed by atoms with Crippen LogP contribution >= 0.6 is 23.2 Å². The molecule has 3 N–H and O–H groups in total. The van der Waals surface area contributed by atoms with Crippen molar-refractivity contribution in [1.82, 2.24) is 15.2 Å². The predicted octanol–water partition coefficient (Wildman–Crippen LogP) is 2.59. The maximum atomic E-state index is 6.22. The zero-order chi connectivity index (χ0) is 13.3. The van der Waals surface area contributed by atoms with Crippen molar-refractivity contribution in [3.05, 3.63) is 51.3 Å². The molecule has 96 valence electrons. The first-order valence-electron chi connectivity index (χ1n) is 5.44. The number of nitrogens with one attached hydrogen (secondary N) is 1. The van der Waals surface area contributed by atoms with Gasteiger partial charge in [0.1, 0.15) is 0 Å². The van der Waals surface area contributed by atoms with Crippen LogP contribution in [0, 0.1) is 6.92 Å². The topological polar surface area (TPSA) is 55.9 Å². The standard InChI is InChI=1S/C12H14Cl2N4/c1-7-9(6-18(2)17-7)12(16-15)8-4-3-5-10(13)11(8)14/h3-6,12,16H,15H2,1-2H3. The Balaban J connectivity index is 2.52. The first-order valence-corrected chi connectivity index (χ1v) is 6.20. The first-order chi connectivity index (χ1) is 8.54. The van der Waals surface area contributed by atoms with Crippen molar-refractivity contribution in [2.45, 2.75) is 13.0 Å². The van der Waals surface area contributed by atoms with E-state index in [0.29, 0.717) is 10.0 Å². The molecule has 4 nitrogen and oxygen atoms in total. The van der Waals surface area contributed by atoms with Gasteiger partial charge in [0.05, 0.1) is 21.8 Å². The Kier molecular flexibility index (Phi) is 3.92. The smallest absolute Gasteiger partial charge is 0.0758 e. The summed E-state index contributed by atoms with van der Waals surface area (Å²) in [5.74, 6) is 5.65. The number of aryl methyl sites for hydroxylation is 2. The van der Waals surface area contributed by atoms with E-state index < -0.39 is 0 Å². The summed E-state index contributed by atoms with van der Waals surface area (Å²) < 4.78 is 1.74. The molecule has 0 spiro atoms. The molecule has 0 fully saturated rings. The highest BCUT2D eigenvalue weighted by atomic mass is 35.5. The van der Waals surface area contributed by atoms with Gasteiger partial charge in [0.25, 0.3) is 0 Å². The molecule has 18 heavy (non-hydrogen) atoms. The fourth-order valence-corrected chi connectivity index (χ4v) is 2.41. The van der Waals surface area contributed by atoms with Crippen molar-refractivity contribution >= 4 is 23.2 Å². The Bertz CT molecular complexity index is 565. The van der Waals surface area contributed by atoms with Crippen LogP contribution in [0.4, 0.5) is 0 Å². The molecule has 0 bridgehead atoms.